The molecule has 1 aromatic heterocycles. The fourth-order valence-corrected chi connectivity index (χ4v) is 4.27. The summed E-state index contributed by atoms with van der Waals surface area (Å²) in [4.78, 5) is 39.8. The molecule has 0 aromatic carbocycles. The van der Waals surface area contributed by atoms with Crippen LogP contribution in [-0.4, -0.2) is 45.0 Å². The van der Waals surface area contributed by atoms with Crippen molar-refractivity contribution in [2.45, 2.75) is 57.8 Å². The number of carbonyl (C=O) groups excluding carboxylic acids is 3. The SMILES string of the molecule is COC(=O)c1c(C(=O)CCC2CCCC2)oc(N2CCCCC2)c1C(=O)OC. The molecule has 0 spiro atoms. The summed E-state index contributed by atoms with van der Waals surface area (Å²) in [5, 5.41) is 0. The highest BCUT2D eigenvalue weighted by atomic mass is 16.5. The largest absolute Gasteiger partial charge is 0.465 e. The average Bonchev–Trinajstić information content (AvgIpc) is 3.39. The van der Waals surface area contributed by atoms with Gasteiger partial charge in [0.2, 0.25) is 5.88 Å². The van der Waals surface area contributed by atoms with E-state index in [0.29, 0.717) is 25.4 Å². The van der Waals surface area contributed by atoms with Crippen LogP contribution in [0.4, 0.5) is 5.88 Å². The number of anilines is 1. The number of esters is 2. The zero-order valence-corrected chi connectivity index (χ0v) is 16.8. The Morgan fingerprint density at radius 3 is 2.14 bits per heavy atom. The van der Waals surface area contributed by atoms with Crippen LogP contribution in [0.1, 0.15) is 89.1 Å². The second-order valence-corrected chi connectivity index (χ2v) is 7.63. The van der Waals surface area contributed by atoms with Gasteiger partial charge in [0.1, 0.15) is 11.1 Å². The minimum absolute atomic E-state index is 0.000432. The third-order valence-electron chi connectivity index (χ3n) is 5.82. The van der Waals surface area contributed by atoms with Gasteiger partial charge in [-0.25, -0.2) is 9.59 Å². The van der Waals surface area contributed by atoms with Crippen molar-refractivity contribution in [3.05, 3.63) is 16.9 Å². The molecule has 0 atom stereocenters. The Morgan fingerprint density at radius 1 is 0.929 bits per heavy atom. The first-order valence-corrected chi connectivity index (χ1v) is 10.2. The molecule has 2 aliphatic rings. The topological polar surface area (TPSA) is 86.1 Å². The Labute approximate surface area is 165 Å². The quantitative estimate of drug-likeness (QED) is 0.513. The summed E-state index contributed by atoms with van der Waals surface area (Å²) in [5.74, 6) is -0.999. The van der Waals surface area contributed by atoms with E-state index in [2.05, 4.69) is 0 Å². The Bertz CT molecular complexity index is 725. The van der Waals surface area contributed by atoms with Crippen LogP contribution >= 0.6 is 0 Å². The van der Waals surface area contributed by atoms with E-state index in [0.717, 1.165) is 38.5 Å². The molecule has 2 fully saturated rings. The number of carbonyl (C=O) groups is 3. The van der Waals surface area contributed by atoms with Crippen molar-refractivity contribution < 1.29 is 28.3 Å². The minimum atomic E-state index is -0.753. The summed E-state index contributed by atoms with van der Waals surface area (Å²) < 4.78 is 15.6. The molecule has 1 aliphatic heterocycles. The monoisotopic (exact) mass is 391 g/mol. The van der Waals surface area contributed by atoms with Crippen LogP contribution in [0, 0.1) is 5.92 Å². The number of hydrogen-bond acceptors (Lipinski definition) is 7. The van der Waals surface area contributed by atoms with Crippen LogP contribution in [0.15, 0.2) is 4.42 Å². The zero-order valence-electron chi connectivity index (χ0n) is 16.8. The number of ether oxygens (including phenoxy) is 2. The molecule has 3 rings (SSSR count). The summed E-state index contributed by atoms with van der Waals surface area (Å²) >= 11 is 0. The Morgan fingerprint density at radius 2 is 1.54 bits per heavy atom. The van der Waals surface area contributed by atoms with E-state index >= 15 is 0 Å². The van der Waals surface area contributed by atoms with Gasteiger partial charge in [-0.3, -0.25) is 4.79 Å². The molecule has 0 amide bonds. The molecule has 28 heavy (non-hydrogen) atoms. The molecule has 0 bridgehead atoms. The molecule has 7 nitrogen and oxygen atoms in total. The van der Waals surface area contributed by atoms with Gasteiger partial charge in [-0.2, -0.15) is 0 Å². The molecule has 0 N–H and O–H groups in total. The van der Waals surface area contributed by atoms with Gasteiger partial charge in [0.25, 0.3) is 0 Å². The lowest BCUT2D eigenvalue weighted by Gasteiger charge is -2.26. The van der Waals surface area contributed by atoms with Gasteiger partial charge in [0.05, 0.1) is 14.2 Å². The van der Waals surface area contributed by atoms with Gasteiger partial charge in [0.15, 0.2) is 11.5 Å². The maximum atomic E-state index is 12.9. The average molecular weight is 391 g/mol. The second kappa shape index (κ2) is 9.26. The standard InChI is InChI=1S/C21H29NO6/c1-26-20(24)16-17(21(25)27-2)19(22-12-6-3-7-13-22)28-18(16)15(23)11-10-14-8-4-5-9-14/h14H,3-13H2,1-2H3. The fraction of sp³-hybridized carbons (Fsp3) is 0.667. The second-order valence-electron chi connectivity index (χ2n) is 7.63. The maximum absolute atomic E-state index is 12.9. The number of piperidine rings is 1. The zero-order chi connectivity index (χ0) is 20.1. The van der Waals surface area contributed by atoms with E-state index in [1.165, 1.54) is 27.1 Å². The third-order valence-corrected chi connectivity index (χ3v) is 5.82. The van der Waals surface area contributed by atoms with Crippen LogP contribution in [0.2, 0.25) is 0 Å². The van der Waals surface area contributed by atoms with Crippen molar-refractivity contribution in [2.75, 3.05) is 32.2 Å². The molecular weight excluding hydrogens is 362 g/mol. The summed E-state index contributed by atoms with van der Waals surface area (Å²) in [6, 6.07) is 0. The van der Waals surface area contributed by atoms with Crippen LogP contribution in [-0.2, 0) is 9.47 Å². The first kappa shape index (κ1) is 20.4. The van der Waals surface area contributed by atoms with Crippen LogP contribution < -0.4 is 4.90 Å². The predicted octanol–water partition coefficient (Wildman–Crippen LogP) is 4.00. The van der Waals surface area contributed by atoms with Crippen molar-refractivity contribution in [2.24, 2.45) is 5.92 Å². The summed E-state index contributed by atoms with van der Waals surface area (Å²) in [5.41, 5.74) is -0.105. The molecule has 2 heterocycles. The van der Waals surface area contributed by atoms with Crippen molar-refractivity contribution in [3.8, 4) is 0 Å². The van der Waals surface area contributed by atoms with E-state index < -0.39 is 11.9 Å². The maximum Gasteiger partial charge on any atom is 0.344 e. The Kier molecular flexibility index (Phi) is 6.75. The lowest BCUT2D eigenvalue weighted by Crippen LogP contribution is -2.30. The lowest BCUT2D eigenvalue weighted by atomic mass is 9.98. The van der Waals surface area contributed by atoms with E-state index in [1.54, 1.807) is 0 Å². The number of Topliss-reactive ketones (excluding diaryl/α,β-unsaturated/α-hetero) is 1. The van der Waals surface area contributed by atoms with Gasteiger partial charge in [-0.15, -0.1) is 0 Å². The fourth-order valence-electron chi connectivity index (χ4n) is 4.27. The number of hydrogen-bond donors (Lipinski definition) is 0. The van der Waals surface area contributed by atoms with Gasteiger partial charge in [-0.1, -0.05) is 25.7 Å². The molecule has 0 unspecified atom stereocenters. The highest BCUT2D eigenvalue weighted by molar-refractivity contribution is 6.13. The molecule has 0 radical (unpaired) electrons. The Hall–Kier alpha value is -2.31. The minimum Gasteiger partial charge on any atom is -0.465 e. The van der Waals surface area contributed by atoms with Gasteiger partial charge >= 0.3 is 11.9 Å². The number of ketones is 1. The normalized spacial score (nSPS) is 17.6. The van der Waals surface area contributed by atoms with E-state index in [-0.39, 0.29) is 28.6 Å². The lowest BCUT2D eigenvalue weighted by molar-refractivity contribution is 0.0555. The Balaban J connectivity index is 1.96. The first-order chi connectivity index (χ1) is 13.6. The molecule has 1 aromatic rings. The van der Waals surface area contributed by atoms with Crippen molar-refractivity contribution in [1.82, 2.24) is 0 Å². The van der Waals surface area contributed by atoms with Crippen LogP contribution in [0.5, 0.6) is 0 Å². The number of furan rings is 1. The summed E-state index contributed by atoms with van der Waals surface area (Å²) in [6.07, 6.45) is 8.77. The predicted molar refractivity (Wildman–Crippen MR) is 103 cm³/mol. The van der Waals surface area contributed by atoms with Gasteiger partial charge < -0.3 is 18.8 Å². The summed E-state index contributed by atoms with van der Waals surface area (Å²) in [6.45, 7) is 1.40. The van der Waals surface area contributed by atoms with Gasteiger partial charge in [0, 0.05) is 19.5 Å². The van der Waals surface area contributed by atoms with Gasteiger partial charge in [-0.05, 0) is 31.6 Å². The van der Waals surface area contributed by atoms with E-state index in [4.69, 9.17) is 13.9 Å². The smallest absolute Gasteiger partial charge is 0.344 e. The molecule has 1 aliphatic carbocycles. The highest BCUT2D eigenvalue weighted by Gasteiger charge is 2.36. The number of nitrogens with zero attached hydrogens (tertiary/aromatic N) is 1. The molecular formula is C21H29NO6. The van der Waals surface area contributed by atoms with Crippen molar-refractivity contribution >= 4 is 23.6 Å². The summed E-state index contributed by atoms with van der Waals surface area (Å²) in [7, 11) is 2.47. The highest BCUT2D eigenvalue weighted by Crippen LogP contribution is 2.35. The molecule has 1 saturated heterocycles. The molecule has 154 valence electrons. The van der Waals surface area contributed by atoms with Crippen molar-refractivity contribution in [3.63, 3.8) is 0 Å². The third kappa shape index (κ3) is 4.23. The molecule has 7 heteroatoms. The number of rotatable bonds is 7. The van der Waals surface area contributed by atoms with E-state index in [9.17, 15) is 14.4 Å². The van der Waals surface area contributed by atoms with Crippen LogP contribution in [0.3, 0.4) is 0 Å². The van der Waals surface area contributed by atoms with Crippen LogP contribution in [0.25, 0.3) is 0 Å². The molecule has 1 saturated carbocycles. The first-order valence-electron chi connectivity index (χ1n) is 10.2. The number of methoxy groups -OCH3 is 2. The van der Waals surface area contributed by atoms with E-state index in [1.807, 2.05) is 4.90 Å². The van der Waals surface area contributed by atoms with Crippen molar-refractivity contribution in [1.29, 1.82) is 0 Å².